The molecule has 1 aromatic rings. The maximum atomic E-state index is 12.3. The quantitative estimate of drug-likeness (QED) is 0.877. The Bertz CT molecular complexity index is 549. The molecule has 1 heterocycles. The normalized spacial score (nSPS) is 18.0. The van der Waals surface area contributed by atoms with Crippen molar-refractivity contribution in [3.05, 3.63) is 35.4 Å². The van der Waals surface area contributed by atoms with Gasteiger partial charge in [0.05, 0.1) is 0 Å². The molecule has 0 saturated carbocycles. The highest BCUT2D eigenvalue weighted by Gasteiger charge is 2.34. The molecule has 1 aromatic carbocycles. The first-order valence-electron chi connectivity index (χ1n) is 7.12. The number of carboxylic acid groups (broad SMARTS) is 1. The van der Waals surface area contributed by atoms with E-state index in [1.807, 2.05) is 45.0 Å². The molecule has 0 aliphatic carbocycles. The molecular formula is C16H22N2O3. The third-order valence-electron chi connectivity index (χ3n) is 3.56. The van der Waals surface area contributed by atoms with Gasteiger partial charge in [0.1, 0.15) is 6.04 Å². The molecule has 2 amide bonds. The van der Waals surface area contributed by atoms with Gasteiger partial charge in [0, 0.05) is 19.5 Å². The van der Waals surface area contributed by atoms with Gasteiger partial charge >= 0.3 is 12.0 Å². The molecule has 1 aliphatic heterocycles. The van der Waals surface area contributed by atoms with Crippen molar-refractivity contribution in [1.29, 1.82) is 0 Å². The first kappa shape index (κ1) is 15.4. The molecule has 5 nitrogen and oxygen atoms in total. The molecule has 2 N–H and O–H groups in total. The van der Waals surface area contributed by atoms with Crippen molar-refractivity contribution < 1.29 is 14.7 Å². The first-order valence-corrected chi connectivity index (χ1v) is 7.12. The van der Waals surface area contributed by atoms with Crippen LogP contribution in [0.4, 0.5) is 4.79 Å². The molecule has 114 valence electrons. The van der Waals surface area contributed by atoms with E-state index in [2.05, 4.69) is 5.32 Å². The van der Waals surface area contributed by atoms with Gasteiger partial charge in [-0.3, -0.25) is 0 Å². The van der Waals surface area contributed by atoms with Crippen LogP contribution in [0.1, 0.15) is 31.9 Å². The topological polar surface area (TPSA) is 69.6 Å². The summed E-state index contributed by atoms with van der Waals surface area (Å²) >= 11 is 0. The van der Waals surface area contributed by atoms with E-state index in [-0.39, 0.29) is 11.4 Å². The molecule has 0 radical (unpaired) electrons. The number of rotatable bonds is 2. The number of hydrogen-bond acceptors (Lipinski definition) is 2. The van der Waals surface area contributed by atoms with Crippen LogP contribution in [0.25, 0.3) is 0 Å². The van der Waals surface area contributed by atoms with Gasteiger partial charge in [-0.2, -0.15) is 0 Å². The summed E-state index contributed by atoms with van der Waals surface area (Å²) in [6, 6.07) is 6.55. The number of nitrogens with zero attached hydrogens (tertiary/aromatic N) is 1. The molecular weight excluding hydrogens is 268 g/mol. The number of fused-ring (bicyclic) bond motifs is 1. The second-order valence-corrected chi connectivity index (χ2v) is 6.67. The Hall–Kier alpha value is -2.04. The van der Waals surface area contributed by atoms with Gasteiger partial charge in [-0.25, -0.2) is 9.59 Å². The number of carbonyl (C=O) groups excluding carboxylic acids is 1. The number of aliphatic carboxylic acids is 1. The third kappa shape index (κ3) is 3.74. The lowest BCUT2D eigenvalue weighted by Gasteiger charge is -2.35. The van der Waals surface area contributed by atoms with Crippen LogP contribution in [0.2, 0.25) is 0 Å². The van der Waals surface area contributed by atoms with E-state index < -0.39 is 12.0 Å². The van der Waals surface area contributed by atoms with E-state index in [9.17, 15) is 14.7 Å². The largest absolute Gasteiger partial charge is 0.480 e. The third-order valence-corrected chi connectivity index (χ3v) is 3.56. The van der Waals surface area contributed by atoms with Gasteiger partial charge in [-0.1, -0.05) is 45.0 Å². The van der Waals surface area contributed by atoms with Gasteiger partial charge in [-0.05, 0) is 16.5 Å². The second-order valence-electron chi connectivity index (χ2n) is 6.67. The fourth-order valence-electron chi connectivity index (χ4n) is 2.40. The summed E-state index contributed by atoms with van der Waals surface area (Å²) in [5.74, 6) is -0.963. The molecule has 0 bridgehead atoms. The highest BCUT2D eigenvalue weighted by molar-refractivity contribution is 5.83. The van der Waals surface area contributed by atoms with Crippen molar-refractivity contribution in [1.82, 2.24) is 10.2 Å². The van der Waals surface area contributed by atoms with Crippen LogP contribution in [0.5, 0.6) is 0 Å². The van der Waals surface area contributed by atoms with Gasteiger partial charge in [0.15, 0.2) is 0 Å². The van der Waals surface area contributed by atoms with Crippen LogP contribution in [-0.2, 0) is 17.8 Å². The highest BCUT2D eigenvalue weighted by Crippen LogP contribution is 2.23. The Morgan fingerprint density at radius 2 is 1.90 bits per heavy atom. The monoisotopic (exact) mass is 290 g/mol. The lowest BCUT2D eigenvalue weighted by molar-refractivity contribution is -0.142. The molecule has 2 rings (SSSR count). The molecule has 5 heteroatoms. The zero-order chi connectivity index (χ0) is 15.6. The van der Waals surface area contributed by atoms with Crippen molar-refractivity contribution >= 4 is 12.0 Å². The number of amides is 2. The van der Waals surface area contributed by atoms with Gasteiger partial charge in [0.2, 0.25) is 0 Å². The number of benzene rings is 1. The molecule has 21 heavy (non-hydrogen) atoms. The van der Waals surface area contributed by atoms with Crippen molar-refractivity contribution in [2.24, 2.45) is 5.41 Å². The van der Waals surface area contributed by atoms with Crippen molar-refractivity contribution in [2.75, 3.05) is 6.54 Å². The van der Waals surface area contributed by atoms with Crippen LogP contribution < -0.4 is 5.32 Å². The lowest BCUT2D eigenvalue weighted by Crippen LogP contribution is -2.53. The summed E-state index contributed by atoms with van der Waals surface area (Å²) in [6.07, 6.45) is 0.356. The highest BCUT2D eigenvalue weighted by atomic mass is 16.4. The predicted molar refractivity (Wildman–Crippen MR) is 80.0 cm³/mol. The zero-order valence-corrected chi connectivity index (χ0v) is 12.7. The summed E-state index contributed by atoms with van der Waals surface area (Å²) in [4.78, 5) is 25.2. The average Bonchev–Trinajstić information content (AvgIpc) is 2.42. The number of carbonyl (C=O) groups is 2. The van der Waals surface area contributed by atoms with Crippen molar-refractivity contribution in [2.45, 2.75) is 39.8 Å². The Morgan fingerprint density at radius 1 is 1.29 bits per heavy atom. The Kier molecular flexibility index (Phi) is 4.21. The van der Waals surface area contributed by atoms with Gasteiger partial charge < -0.3 is 15.3 Å². The van der Waals surface area contributed by atoms with E-state index in [0.29, 0.717) is 19.5 Å². The van der Waals surface area contributed by atoms with Gasteiger partial charge in [0.25, 0.3) is 0 Å². The molecule has 0 fully saturated rings. The van der Waals surface area contributed by atoms with Crippen molar-refractivity contribution in [3.8, 4) is 0 Å². The van der Waals surface area contributed by atoms with Crippen LogP contribution in [0.15, 0.2) is 24.3 Å². The van der Waals surface area contributed by atoms with E-state index >= 15 is 0 Å². The van der Waals surface area contributed by atoms with E-state index in [1.54, 1.807) is 0 Å². The minimum absolute atomic E-state index is 0.0396. The number of carboxylic acids is 1. The van der Waals surface area contributed by atoms with Crippen LogP contribution >= 0.6 is 0 Å². The molecule has 0 unspecified atom stereocenters. The Morgan fingerprint density at radius 3 is 2.48 bits per heavy atom. The smallest absolute Gasteiger partial charge is 0.326 e. The number of hydrogen-bond donors (Lipinski definition) is 2. The minimum atomic E-state index is -0.963. The van der Waals surface area contributed by atoms with E-state index in [4.69, 9.17) is 0 Å². The number of urea groups is 1. The summed E-state index contributed by atoms with van der Waals surface area (Å²) in [5.41, 5.74) is 1.98. The first-order chi connectivity index (χ1) is 9.78. The van der Waals surface area contributed by atoms with E-state index in [0.717, 1.165) is 11.1 Å². The van der Waals surface area contributed by atoms with Crippen LogP contribution in [0, 0.1) is 5.41 Å². The Balaban J connectivity index is 2.17. The molecule has 1 aliphatic rings. The van der Waals surface area contributed by atoms with E-state index in [1.165, 1.54) is 4.90 Å². The molecule has 0 saturated heterocycles. The molecule has 0 aromatic heterocycles. The fraction of sp³-hybridized carbons (Fsp3) is 0.500. The standard InChI is InChI=1S/C16H22N2O3/c1-16(2,3)10-17-15(21)18-9-12-7-5-4-6-11(12)8-13(18)14(19)20/h4-7,13H,8-10H2,1-3H3,(H,17,21)(H,19,20)/t13-/m1/s1. The fourth-order valence-corrected chi connectivity index (χ4v) is 2.40. The summed E-state index contributed by atoms with van der Waals surface area (Å²) in [5, 5.41) is 12.2. The SMILES string of the molecule is CC(C)(C)CNC(=O)N1Cc2ccccc2C[C@@H]1C(=O)O. The summed E-state index contributed by atoms with van der Waals surface area (Å²) in [6.45, 7) is 6.91. The molecule has 0 spiro atoms. The van der Waals surface area contributed by atoms with Crippen molar-refractivity contribution in [3.63, 3.8) is 0 Å². The predicted octanol–water partition coefficient (Wildman–Crippen LogP) is 2.25. The molecule has 1 atom stereocenters. The van der Waals surface area contributed by atoms with Crippen LogP contribution in [-0.4, -0.2) is 34.6 Å². The van der Waals surface area contributed by atoms with Crippen LogP contribution in [0.3, 0.4) is 0 Å². The average molecular weight is 290 g/mol. The summed E-state index contributed by atoms with van der Waals surface area (Å²) in [7, 11) is 0. The van der Waals surface area contributed by atoms with Gasteiger partial charge in [-0.15, -0.1) is 0 Å². The second kappa shape index (κ2) is 5.76. The summed E-state index contributed by atoms with van der Waals surface area (Å²) < 4.78 is 0. The zero-order valence-electron chi connectivity index (χ0n) is 12.7. The number of nitrogens with one attached hydrogen (secondary N) is 1. The Labute approximate surface area is 125 Å². The minimum Gasteiger partial charge on any atom is -0.480 e. The maximum Gasteiger partial charge on any atom is 0.326 e. The lowest BCUT2D eigenvalue weighted by atomic mass is 9.94. The maximum absolute atomic E-state index is 12.3.